The molecule has 33 heavy (non-hydrogen) atoms. The van der Waals surface area contributed by atoms with Crippen molar-refractivity contribution in [2.75, 3.05) is 20.2 Å². The van der Waals surface area contributed by atoms with Gasteiger partial charge in [-0.1, -0.05) is 20.8 Å². The number of carbonyl (C=O) groups excluding carboxylic acids is 2. The molecular weight excluding hydrogens is 418 g/mol. The molecule has 0 aliphatic carbocycles. The van der Waals surface area contributed by atoms with Crippen molar-refractivity contribution in [2.24, 2.45) is 0 Å². The van der Waals surface area contributed by atoms with Crippen LogP contribution >= 0.6 is 0 Å². The Labute approximate surface area is 192 Å². The number of nitrogens with zero attached hydrogens (tertiary/aromatic N) is 2. The molecule has 0 spiro atoms. The summed E-state index contributed by atoms with van der Waals surface area (Å²) in [5.41, 5.74) is 4.99. The Hall–Kier alpha value is -3.68. The van der Waals surface area contributed by atoms with Gasteiger partial charge in [0.1, 0.15) is 11.6 Å². The average Bonchev–Trinajstić information content (AvgIpc) is 3.36. The molecule has 0 fully saturated rings. The van der Waals surface area contributed by atoms with Crippen LogP contribution in [0, 0.1) is 5.41 Å². The van der Waals surface area contributed by atoms with Gasteiger partial charge in [0.2, 0.25) is 0 Å². The van der Waals surface area contributed by atoms with Crippen LogP contribution in [0.15, 0.2) is 30.6 Å². The van der Waals surface area contributed by atoms with Crippen LogP contribution in [0.1, 0.15) is 65.1 Å². The van der Waals surface area contributed by atoms with Crippen molar-refractivity contribution < 1.29 is 14.3 Å². The number of hydrogen-bond donors (Lipinski definition) is 3. The Morgan fingerprint density at radius 2 is 2.00 bits per heavy atom. The molecule has 0 unspecified atom stereocenters. The lowest BCUT2D eigenvalue weighted by atomic mass is 9.84. The Morgan fingerprint density at radius 1 is 1.24 bits per heavy atom. The van der Waals surface area contributed by atoms with Crippen LogP contribution in [0.3, 0.4) is 0 Å². The van der Waals surface area contributed by atoms with Crippen LogP contribution in [0.2, 0.25) is 0 Å². The number of aromatic amines is 1. The first-order valence-electron chi connectivity index (χ1n) is 11.0. The summed E-state index contributed by atoms with van der Waals surface area (Å²) in [6.45, 7) is 9.04. The quantitative estimate of drug-likeness (QED) is 0.500. The Kier molecular flexibility index (Phi) is 5.69. The van der Waals surface area contributed by atoms with Crippen LogP contribution < -0.4 is 10.1 Å². The summed E-state index contributed by atoms with van der Waals surface area (Å²) in [4.78, 5) is 34.9. The molecule has 1 aliphatic rings. The van der Waals surface area contributed by atoms with Crippen molar-refractivity contribution in [3.05, 3.63) is 58.4 Å². The van der Waals surface area contributed by atoms with E-state index in [0.29, 0.717) is 35.6 Å². The molecule has 172 valence electrons. The lowest BCUT2D eigenvalue weighted by Crippen LogP contribution is -2.30. The fraction of sp³-hybridized carbons (Fsp3) is 0.360. The maximum Gasteiger partial charge on any atom is 0.254 e. The summed E-state index contributed by atoms with van der Waals surface area (Å²) in [6, 6.07) is 7.22. The Bertz CT molecular complexity index is 1270. The van der Waals surface area contributed by atoms with Gasteiger partial charge in [-0.15, -0.1) is 0 Å². The standard InChI is InChI=1S/C25H29N5O3/c1-6-33-21-9-15-11-30(23(26)16(15)10-17(21)24(32)27-5)12-20(31)14-7-18(25(2,3)4)22-19(8-14)28-13-29-22/h7-10,13,26H,6,11-12H2,1-5H3,(H,27,32)(H,28,29). The van der Waals surface area contributed by atoms with E-state index in [-0.39, 0.29) is 29.5 Å². The molecule has 8 heteroatoms. The highest BCUT2D eigenvalue weighted by atomic mass is 16.5. The SMILES string of the molecule is CCOc1cc2c(cc1C(=O)NC)C(=N)N(CC(=O)c1cc(C(C)(C)C)c3nc[nH]c3c1)C2. The number of amidine groups is 1. The first-order valence-corrected chi connectivity index (χ1v) is 11.0. The van der Waals surface area contributed by atoms with E-state index in [4.69, 9.17) is 10.1 Å². The van der Waals surface area contributed by atoms with Gasteiger partial charge in [-0.3, -0.25) is 15.0 Å². The number of imidazole rings is 1. The monoisotopic (exact) mass is 447 g/mol. The molecule has 3 N–H and O–H groups in total. The van der Waals surface area contributed by atoms with Gasteiger partial charge in [-0.25, -0.2) is 4.98 Å². The smallest absolute Gasteiger partial charge is 0.254 e. The van der Waals surface area contributed by atoms with E-state index in [9.17, 15) is 9.59 Å². The van der Waals surface area contributed by atoms with Crippen LogP contribution in [0.25, 0.3) is 11.0 Å². The van der Waals surface area contributed by atoms with Crippen molar-refractivity contribution in [1.29, 1.82) is 5.41 Å². The molecule has 0 bridgehead atoms. The Morgan fingerprint density at radius 3 is 2.67 bits per heavy atom. The van der Waals surface area contributed by atoms with E-state index in [1.165, 1.54) is 0 Å². The minimum atomic E-state index is -0.272. The van der Waals surface area contributed by atoms with E-state index in [0.717, 1.165) is 22.2 Å². The van der Waals surface area contributed by atoms with Crippen molar-refractivity contribution in [3.63, 3.8) is 0 Å². The zero-order chi connectivity index (χ0) is 23.9. The zero-order valence-corrected chi connectivity index (χ0v) is 19.6. The van der Waals surface area contributed by atoms with Crippen molar-refractivity contribution in [2.45, 2.75) is 39.7 Å². The fourth-order valence-electron chi connectivity index (χ4n) is 4.20. The third kappa shape index (κ3) is 4.08. The average molecular weight is 448 g/mol. The van der Waals surface area contributed by atoms with Crippen LogP contribution in [0.4, 0.5) is 0 Å². The fourth-order valence-corrected chi connectivity index (χ4v) is 4.20. The molecule has 0 saturated carbocycles. The molecule has 2 heterocycles. The predicted molar refractivity (Wildman–Crippen MR) is 127 cm³/mol. The van der Waals surface area contributed by atoms with E-state index in [1.54, 1.807) is 30.4 Å². The number of rotatable bonds is 6. The van der Waals surface area contributed by atoms with Gasteiger partial charge in [0, 0.05) is 24.7 Å². The minimum absolute atomic E-state index is 0.0655. The normalized spacial score (nSPS) is 13.4. The van der Waals surface area contributed by atoms with Gasteiger partial charge in [-0.05, 0) is 47.7 Å². The second-order valence-corrected chi connectivity index (χ2v) is 9.22. The predicted octanol–water partition coefficient (Wildman–Crippen LogP) is 3.64. The number of nitrogens with one attached hydrogen (secondary N) is 3. The van der Waals surface area contributed by atoms with Crippen LogP contribution in [-0.4, -0.2) is 52.6 Å². The summed E-state index contributed by atoms with van der Waals surface area (Å²) < 4.78 is 5.66. The number of aromatic nitrogens is 2. The molecule has 0 radical (unpaired) electrons. The van der Waals surface area contributed by atoms with Crippen molar-refractivity contribution >= 4 is 28.6 Å². The van der Waals surface area contributed by atoms with Crippen molar-refractivity contribution in [3.8, 4) is 5.75 Å². The van der Waals surface area contributed by atoms with Crippen LogP contribution in [-0.2, 0) is 12.0 Å². The first kappa shape index (κ1) is 22.5. The summed E-state index contributed by atoms with van der Waals surface area (Å²) in [5.74, 6) is 0.360. The van der Waals surface area contributed by atoms with Crippen LogP contribution in [0.5, 0.6) is 5.75 Å². The van der Waals surface area contributed by atoms with E-state index >= 15 is 0 Å². The highest BCUT2D eigenvalue weighted by molar-refractivity contribution is 6.08. The van der Waals surface area contributed by atoms with E-state index in [1.807, 2.05) is 19.1 Å². The molecule has 1 aromatic heterocycles. The highest BCUT2D eigenvalue weighted by Gasteiger charge is 2.30. The second kappa shape index (κ2) is 8.35. The van der Waals surface area contributed by atoms with Gasteiger partial charge in [0.05, 0.1) is 36.1 Å². The summed E-state index contributed by atoms with van der Waals surface area (Å²) in [7, 11) is 1.56. The summed E-state index contributed by atoms with van der Waals surface area (Å²) >= 11 is 0. The number of hydrogen-bond acceptors (Lipinski definition) is 5. The highest BCUT2D eigenvalue weighted by Crippen LogP contribution is 2.32. The molecule has 4 rings (SSSR count). The maximum atomic E-state index is 13.3. The van der Waals surface area contributed by atoms with Gasteiger partial charge in [-0.2, -0.15) is 0 Å². The van der Waals surface area contributed by atoms with Gasteiger partial charge in [0.15, 0.2) is 5.78 Å². The molecule has 8 nitrogen and oxygen atoms in total. The molecule has 1 aliphatic heterocycles. The summed E-state index contributed by atoms with van der Waals surface area (Å²) in [6.07, 6.45) is 1.64. The first-order chi connectivity index (χ1) is 15.6. The second-order valence-electron chi connectivity index (χ2n) is 9.22. The number of H-pyrrole nitrogens is 1. The topological polar surface area (TPSA) is 111 Å². The number of ether oxygens (including phenoxy) is 1. The zero-order valence-electron chi connectivity index (χ0n) is 19.6. The van der Waals surface area contributed by atoms with Crippen molar-refractivity contribution in [1.82, 2.24) is 20.2 Å². The third-order valence-electron chi connectivity index (χ3n) is 5.90. The number of benzene rings is 2. The summed E-state index contributed by atoms with van der Waals surface area (Å²) in [5, 5.41) is 11.3. The molecule has 1 amide bonds. The number of carbonyl (C=O) groups is 2. The van der Waals surface area contributed by atoms with Gasteiger partial charge < -0.3 is 19.9 Å². The Balaban J connectivity index is 1.63. The molecule has 0 atom stereocenters. The maximum absolute atomic E-state index is 13.3. The molecule has 2 aromatic carbocycles. The number of amides is 1. The molecular formula is C25H29N5O3. The number of Topliss-reactive ketones (excluding diaryl/α,β-unsaturated/α-hetero) is 1. The third-order valence-corrected chi connectivity index (χ3v) is 5.90. The van der Waals surface area contributed by atoms with Gasteiger partial charge in [0.25, 0.3) is 5.91 Å². The molecule has 3 aromatic rings. The largest absolute Gasteiger partial charge is 0.493 e. The van der Waals surface area contributed by atoms with E-state index in [2.05, 4.69) is 36.1 Å². The lowest BCUT2D eigenvalue weighted by molar-refractivity contribution is 0.0953. The van der Waals surface area contributed by atoms with E-state index < -0.39 is 0 Å². The van der Waals surface area contributed by atoms with Gasteiger partial charge >= 0.3 is 0 Å². The minimum Gasteiger partial charge on any atom is -0.493 e. The number of ketones is 1. The lowest BCUT2D eigenvalue weighted by Gasteiger charge is -2.21. The number of fused-ring (bicyclic) bond motifs is 2. The molecule has 0 saturated heterocycles.